The summed E-state index contributed by atoms with van der Waals surface area (Å²) in [6.45, 7) is 1.86. The summed E-state index contributed by atoms with van der Waals surface area (Å²) >= 11 is 0. The Morgan fingerprint density at radius 3 is 2.45 bits per heavy atom. The molecule has 0 radical (unpaired) electrons. The fourth-order valence-corrected chi connectivity index (χ4v) is 2.35. The van der Waals surface area contributed by atoms with E-state index in [1.807, 2.05) is 42.8 Å². The van der Waals surface area contributed by atoms with Gasteiger partial charge in [0.15, 0.2) is 5.82 Å². The minimum absolute atomic E-state index is 0.277. The van der Waals surface area contributed by atoms with Crippen LogP contribution in [0.2, 0.25) is 0 Å². The minimum atomic E-state index is -0.943. The summed E-state index contributed by atoms with van der Waals surface area (Å²) in [5.41, 5.74) is 1.06. The van der Waals surface area contributed by atoms with Crippen LogP contribution in [0.15, 0.2) is 36.4 Å². The van der Waals surface area contributed by atoms with Crippen molar-refractivity contribution in [3.8, 4) is 11.4 Å². The maximum atomic E-state index is 11.4. The Kier molecular flexibility index (Phi) is 2.75. The number of carboxylic acids is 1. The van der Waals surface area contributed by atoms with E-state index in [-0.39, 0.29) is 5.56 Å². The van der Waals surface area contributed by atoms with E-state index in [0.29, 0.717) is 11.2 Å². The first-order chi connectivity index (χ1) is 9.59. The lowest BCUT2D eigenvalue weighted by molar-refractivity contribution is 0.0699. The third-order valence-electron chi connectivity index (χ3n) is 3.47. The van der Waals surface area contributed by atoms with Crippen molar-refractivity contribution < 1.29 is 9.90 Å². The Balaban J connectivity index is 2.42. The van der Waals surface area contributed by atoms with Gasteiger partial charge in [0.05, 0.1) is 5.56 Å². The predicted molar refractivity (Wildman–Crippen MR) is 75.6 cm³/mol. The van der Waals surface area contributed by atoms with E-state index in [2.05, 4.69) is 10.2 Å². The lowest BCUT2D eigenvalue weighted by Crippen LogP contribution is -2.01. The van der Waals surface area contributed by atoms with Crippen LogP contribution in [0.5, 0.6) is 0 Å². The first kappa shape index (κ1) is 12.3. The lowest BCUT2D eigenvalue weighted by Gasteiger charge is -2.09. The maximum Gasteiger partial charge on any atom is 0.336 e. The predicted octanol–water partition coefficient (Wildman–Crippen LogP) is 2.64. The molecule has 3 aromatic rings. The standard InChI is InChI=1S/C15H13N3O2/c1-9-16-17-14(18(9)2)11-7-3-5-10-6-4-8-12(13(10)11)15(19)20/h3-8H,1-2H3,(H,19,20). The summed E-state index contributed by atoms with van der Waals surface area (Å²) in [5, 5.41) is 19.2. The van der Waals surface area contributed by atoms with E-state index < -0.39 is 5.97 Å². The van der Waals surface area contributed by atoms with Gasteiger partial charge >= 0.3 is 5.97 Å². The molecule has 1 heterocycles. The van der Waals surface area contributed by atoms with Gasteiger partial charge in [0.25, 0.3) is 0 Å². The molecule has 5 nitrogen and oxygen atoms in total. The number of carboxylic acid groups (broad SMARTS) is 1. The number of hydrogen-bond donors (Lipinski definition) is 1. The summed E-state index contributed by atoms with van der Waals surface area (Å²) in [4.78, 5) is 11.4. The van der Waals surface area contributed by atoms with E-state index in [0.717, 1.165) is 16.8 Å². The fraction of sp³-hybridized carbons (Fsp3) is 0.133. The van der Waals surface area contributed by atoms with Gasteiger partial charge in [0, 0.05) is 18.0 Å². The molecule has 3 rings (SSSR count). The van der Waals surface area contributed by atoms with Crippen molar-refractivity contribution in [3.63, 3.8) is 0 Å². The van der Waals surface area contributed by atoms with Gasteiger partial charge < -0.3 is 9.67 Å². The van der Waals surface area contributed by atoms with E-state index in [9.17, 15) is 9.90 Å². The first-order valence-electron chi connectivity index (χ1n) is 6.21. The third kappa shape index (κ3) is 1.75. The Bertz CT molecular complexity index is 816. The van der Waals surface area contributed by atoms with Crippen molar-refractivity contribution in [1.29, 1.82) is 0 Å². The second kappa shape index (κ2) is 4.45. The number of hydrogen-bond acceptors (Lipinski definition) is 3. The van der Waals surface area contributed by atoms with Gasteiger partial charge in [-0.1, -0.05) is 30.3 Å². The average Bonchev–Trinajstić information content (AvgIpc) is 2.77. The fourth-order valence-electron chi connectivity index (χ4n) is 2.35. The largest absolute Gasteiger partial charge is 0.478 e. The molecule has 1 aromatic heterocycles. The van der Waals surface area contributed by atoms with Crippen LogP contribution in [0, 0.1) is 6.92 Å². The molecule has 0 spiro atoms. The van der Waals surface area contributed by atoms with Gasteiger partial charge in [0.2, 0.25) is 0 Å². The third-order valence-corrected chi connectivity index (χ3v) is 3.47. The molecule has 0 saturated heterocycles. The zero-order valence-corrected chi connectivity index (χ0v) is 11.2. The normalized spacial score (nSPS) is 10.9. The van der Waals surface area contributed by atoms with Gasteiger partial charge in [-0.3, -0.25) is 0 Å². The second-order valence-electron chi connectivity index (χ2n) is 4.64. The maximum absolute atomic E-state index is 11.4. The topological polar surface area (TPSA) is 68.0 Å². The quantitative estimate of drug-likeness (QED) is 0.775. The average molecular weight is 267 g/mol. The van der Waals surface area contributed by atoms with Crippen LogP contribution in [0.3, 0.4) is 0 Å². The molecule has 2 aromatic carbocycles. The number of aromatic carboxylic acids is 1. The highest BCUT2D eigenvalue weighted by Crippen LogP contribution is 2.30. The first-order valence-corrected chi connectivity index (χ1v) is 6.21. The molecule has 0 amide bonds. The van der Waals surface area contributed by atoms with Crippen molar-refractivity contribution in [2.45, 2.75) is 6.92 Å². The summed E-state index contributed by atoms with van der Waals surface area (Å²) in [5.74, 6) is 0.508. The summed E-state index contributed by atoms with van der Waals surface area (Å²) in [7, 11) is 1.87. The van der Waals surface area contributed by atoms with Crippen molar-refractivity contribution in [1.82, 2.24) is 14.8 Å². The molecule has 5 heteroatoms. The monoisotopic (exact) mass is 267 g/mol. The highest BCUT2D eigenvalue weighted by molar-refractivity contribution is 6.09. The van der Waals surface area contributed by atoms with Crippen molar-refractivity contribution in [2.24, 2.45) is 7.05 Å². The second-order valence-corrected chi connectivity index (χ2v) is 4.64. The highest BCUT2D eigenvalue weighted by atomic mass is 16.4. The summed E-state index contributed by atoms with van der Waals surface area (Å²) in [6.07, 6.45) is 0. The van der Waals surface area contributed by atoms with Crippen LogP contribution >= 0.6 is 0 Å². The molecule has 0 bridgehead atoms. The molecule has 1 N–H and O–H groups in total. The number of carbonyl (C=O) groups is 1. The molecule has 0 unspecified atom stereocenters. The minimum Gasteiger partial charge on any atom is -0.478 e. The van der Waals surface area contributed by atoms with Crippen LogP contribution in [0.25, 0.3) is 22.2 Å². The van der Waals surface area contributed by atoms with Crippen molar-refractivity contribution in [2.75, 3.05) is 0 Å². The SMILES string of the molecule is Cc1nnc(-c2cccc3cccc(C(=O)O)c23)n1C. The van der Waals surface area contributed by atoms with Crippen LogP contribution in [-0.2, 0) is 7.05 Å². The molecule has 0 aliphatic rings. The molecule has 0 aliphatic heterocycles. The van der Waals surface area contributed by atoms with Crippen LogP contribution in [-0.4, -0.2) is 25.8 Å². The van der Waals surface area contributed by atoms with E-state index in [1.165, 1.54) is 0 Å². The van der Waals surface area contributed by atoms with Gasteiger partial charge in [-0.2, -0.15) is 0 Å². The molecule has 0 aliphatic carbocycles. The number of aromatic nitrogens is 3. The number of fused-ring (bicyclic) bond motifs is 1. The van der Waals surface area contributed by atoms with E-state index in [1.54, 1.807) is 12.1 Å². The zero-order valence-electron chi connectivity index (χ0n) is 11.2. The number of rotatable bonds is 2. The Morgan fingerprint density at radius 1 is 1.15 bits per heavy atom. The highest BCUT2D eigenvalue weighted by Gasteiger charge is 2.16. The summed E-state index contributed by atoms with van der Waals surface area (Å²) < 4.78 is 1.85. The Hall–Kier alpha value is -2.69. The summed E-state index contributed by atoms with van der Waals surface area (Å²) in [6, 6.07) is 10.9. The number of nitrogens with zero attached hydrogens (tertiary/aromatic N) is 3. The molecule has 0 saturated carbocycles. The van der Waals surface area contributed by atoms with Crippen molar-refractivity contribution >= 4 is 16.7 Å². The van der Waals surface area contributed by atoms with Gasteiger partial charge in [-0.05, 0) is 18.4 Å². The molecule has 0 atom stereocenters. The number of benzene rings is 2. The molecular formula is C15H13N3O2. The van der Waals surface area contributed by atoms with Gasteiger partial charge in [-0.25, -0.2) is 4.79 Å². The molecular weight excluding hydrogens is 254 g/mol. The van der Waals surface area contributed by atoms with Crippen molar-refractivity contribution in [3.05, 3.63) is 47.8 Å². The Morgan fingerprint density at radius 2 is 1.85 bits per heavy atom. The van der Waals surface area contributed by atoms with Gasteiger partial charge in [-0.15, -0.1) is 10.2 Å². The molecule has 0 fully saturated rings. The van der Waals surface area contributed by atoms with Gasteiger partial charge in [0.1, 0.15) is 5.82 Å². The smallest absolute Gasteiger partial charge is 0.336 e. The van der Waals surface area contributed by atoms with Crippen LogP contribution in [0.4, 0.5) is 0 Å². The Labute approximate surface area is 115 Å². The number of aryl methyl sites for hydroxylation is 1. The molecule has 20 heavy (non-hydrogen) atoms. The van der Waals surface area contributed by atoms with Crippen LogP contribution < -0.4 is 0 Å². The lowest BCUT2D eigenvalue weighted by atomic mass is 9.99. The zero-order chi connectivity index (χ0) is 14.3. The van der Waals surface area contributed by atoms with E-state index in [4.69, 9.17) is 0 Å². The van der Waals surface area contributed by atoms with E-state index >= 15 is 0 Å². The molecule has 100 valence electrons. The van der Waals surface area contributed by atoms with Crippen LogP contribution in [0.1, 0.15) is 16.2 Å².